The van der Waals surface area contributed by atoms with Crippen LogP contribution >= 0.6 is 11.6 Å². The predicted molar refractivity (Wildman–Crippen MR) is 79.3 cm³/mol. The van der Waals surface area contributed by atoms with Crippen LogP contribution in [0.3, 0.4) is 0 Å². The summed E-state index contributed by atoms with van der Waals surface area (Å²) in [6.07, 6.45) is 4.81. The topological polar surface area (TPSA) is 81.4 Å². The zero-order valence-corrected chi connectivity index (χ0v) is 12.7. The number of sulfonamides is 1. The van der Waals surface area contributed by atoms with Crippen molar-refractivity contribution < 1.29 is 13.2 Å². The molecule has 3 N–H and O–H groups in total. The summed E-state index contributed by atoms with van der Waals surface area (Å²) in [4.78, 5) is 0.111. The van der Waals surface area contributed by atoms with Gasteiger partial charge in [0, 0.05) is 6.54 Å². The van der Waals surface area contributed by atoms with Gasteiger partial charge in [-0.15, -0.1) is 0 Å². The normalized spacial score (nSPS) is 16.6. The Balaban J connectivity index is 1.85. The Hall–Kier alpha value is -0.820. The number of rotatable bonds is 6. The van der Waals surface area contributed by atoms with Crippen LogP contribution in [0.2, 0.25) is 5.02 Å². The molecule has 0 radical (unpaired) electrons. The van der Waals surface area contributed by atoms with Crippen LogP contribution in [0.4, 0.5) is 5.69 Å². The van der Waals surface area contributed by atoms with Gasteiger partial charge in [-0.2, -0.15) is 0 Å². The first-order valence-corrected chi connectivity index (χ1v) is 8.51. The standard InChI is InChI=1S/C13H19ClN2O3S/c14-12-6-5-11(9-13(12)15)20(17,18)16-7-8-19-10-3-1-2-4-10/h5-6,9-10,16H,1-4,7-8,15H2. The van der Waals surface area contributed by atoms with Crippen LogP contribution in [0.25, 0.3) is 0 Å². The molecule has 112 valence electrons. The molecular formula is C13H19ClN2O3S. The number of nitrogen functional groups attached to an aromatic ring is 1. The Morgan fingerprint density at radius 3 is 2.70 bits per heavy atom. The second-order valence-electron chi connectivity index (χ2n) is 4.86. The SMILES string of the molecule is Nc1cc(S(=O)(=O)NCCOC2CCCC2)ccc1Cl. The smallest absolute Gasteiger partial charge is 0.240 e. The summed E-state index contributed by atoms with van der Waals surface area (Å²) in [5.41, 5.74) is 5.85. The lowest BCUT2D eigenvalue weighted by Crippen LogP contribution is -2.28. The van der Waals surface area contributed by atoms with E-state index in [-0.39, 0.29) is 23.2 Å². The maximum atomic E-state index is 12.0. The highest BCUT2D eigenvalue weighted by Crippen LogP contribution is 2.22. The van der Waals surface area contributed by atoms with E-state index in [9.17, 15) is 8.42 Å². The molecule has 0 saturated heterocycles. The summed E-state index contributed by atoms with van der Waals surface area (Å²) in [6.45, 7) is 0.633. The average Bonchev–Trinajstić information content (AvgIpc) is 2.91. The molecule has 1 aromatic rings. The van der Waals surface area contributed by atoms with Crippen molar-refractivity contribution in [2.24, 2.45) is 0 Å². The zero-order chi connectivity index (χ0) is 14.6. The quantitative estimate of drug-likeness (QED) is 0.622. The molecule has 7 heteroatoms. The molecule has 20 heavy (non-hydrogen) atoms. The highest BCUT2D eigenvalue weighted by atomic mass is 35.5. The number of anilines is 1. The fraction of sp³-hybridized carbons (Fsp3) is 0.538. The third-order valence-electron chi connectivity index (χ3n) is 3.33. The number of ether oxygens (including phenoxy) is 1. The van der Waals surface area contributed by atoms with Gasteiger partial charge >= 0.3 is 0 Å². The predicted octanol–water partition coefficient (Wildman–Crippen LogP) is 2.16. The number of hydrogen-bond acceptors (Lipinski definition) is 4. The third kappa shape index (κ3) is 4.09. The lowest BCUT2D eigenvalue weighted by Gasteiger charge is -2.12. The molecule has 1 aromatic carbocycles. The van der Waals surface area contributed by atoms with Crippen molar-refractivity contribution in [1.82, 2.24) is 4.72 Å². The van der Waals surface area contributed by atoms with Gasteiger partial charge in [-0.25, -0.2) is 13.1 Å². The van der Waals surface area contributed by atoms with Crippen LogP contribution in [0.1, 0.15) is 25.7 Å². The van der Waals surface area contributed by atoms with Crippen molar-refractivity contribution in [3.8, 4) is 0 Å². The zero-order valence-electron chi connectivity index (χ0n) is 11.1. The molecule has 0 heterocycles. The van der Waals surface area contributed by atoms with Gasteiger partial charge in [-0.05, 0) is 31.0 Å². The Labute approximate surface area is 124 Å². The van der Waals surface area contributed by atoms with Crippen molar-refractivity contribution in [1.29, 1.82) is 0 Å². The molecular weight excluding hydrogens is 300 g/mol. The van der Waals surface area contributed by atoms with E-state index in [1.54, 1.807) is 0 Å². The third-order valence-corrected chi connectivity index (χ3v) is 5.13. The van der Waals surface area contributed by atoms with Gasteiger partial charge < -0.3 is 10.5 Å². The second-order valence-corrected chi connectivity index (χ2v) is 7.03. The molecule has 0 spiro atoms. The van der Waals surface area contributed by atoms with E-state index >= 15 is 0 Å². The van der Waals surface area contributed by atoms with Gasteiger partial charge in [0.1, 0.15) is 0 Å². The first kappa shape index (κ1) is 15.6. The molecule has 1 saturated carbocycles. The van der Waals surface area contributed by atoms with E-state index in [0.717, 1.165) is 12.8 Å². The maximum absolute atomic E-state index is 12.0. The van der Waals surface area contributed by atoms with E-state index in [4.69, 9.17) is 22.1 Å². The van der Waals surface area contributed by atoms with Gasteiger partial charge in [0.15, 0.2) is 0 Å². The molecule has 0 amide bonds. The summed E-state index contributed by atoms with van der Waals surface area (Å²) in [6, 6.07) is 4.25. The van der Waals surface area contributed by atoms with E-state index < -0.39 is 10.0 Å². The summed E-state index contributed by atoms with van der Waals surface area (Å²) in [7, 11) is -3.56. The van der Waals surface area contributed by atoms with Crippen molar-refractivity contribution in [2.75, 3.05) is 18.9 Å². The van der Waals surface area contributed by atoms with Crippen LogP contribution in [-0.2, 0) is 14.8 Å². The molecule has 0 aliphatic heterocycles. The number of benzene rings is 1. The number of halogens is 1. The summed E-state index contributed by atoms with van der Waals surface area (Å²) >= 11 is 5.77. The summed E-state index contributed by atoms with van der Waals surface area (Å²) < 4.78 is 32.2. The molecule has 2 rings (SSSR count). The molecule has 1 aliphatic carbocycles. The summed E-state index contributed by atoms with van der Waals surface area (Å²) in [5.74, 6) is 0. The van der Waals surface area contributed by atoms with E-state index in [2.05, 4.69) is 4.72 Å². The van der Waals surface area contributed by atoms with Crippen LogP contribution in [0, 0.1) is 0 Å². The monoisotopic (exact) mass is 318 g/mol. The fourth-order valence-electron chi connectivity index (χ4n) is 2.23. The molecule has 0 atom stereocenters. The maximum Gasteiger partial charge on any atom is 0.240 e. The minimum absolute atomic E-state index is 0.111. The van der Waals surface area contributed by atoms with Crippen LogP contribution in [0.5, 0.6) is 0 Å². The lowest BCUT2D eigenvalue weighted by atomic mass is 10.3. The van der Waals surface area contributed by atoms with Gasteiger partial charge in [0.25, 0.3) is 0 Å². The van der Waals surface area contributed by atoms with Crippen LogP contribution < -0.4 is 10.5 Å². The molecule has 1 fully saturated rings. The highest BCUT2D eigenvalue weighted by molar-refractivity contribution is 7.89. The number of nitrogens with two attached hydrogens (primary N) is 1. The van der Waals surface area contributed by atoms with E-state index in [1.165, 1.54) is 31.0 Å². The van der Waals surface area contributed by atoms with Crippen molar-refractivity contribution in [3.63, 3.8) is 0 Å². The Bertz CT molecular complexity index is 557. The average molecular weight is 319 g/mol. The minimum Gasteiger partial charge on any atom is -0.397 e. The van der Waals surface area contributed by atoms with Crippen molar-refractivity contribution in [2.45, 2.75) is 36.7 Å². The summed E-state index contributed by atoms with van der Waals surface area (Å²) in [5, 5.41) is 0.341. The molecule has 0 unspecified atom stereocenters. The second kappa shape index (κ2) is 6.76. The van der Waals surface area contributed by atoms with Crippen molar-refractivity contribution >= 4 is 27.3 Å². The fourth-order valence-corrected chi connectivity index (χ4v) is 3.39. The van der Waals surface area contributed by atoms with Gasteiger partial charge in [-0.1, -0.05) is 24.4 Å². The largest absolute Gasteiger partial charge is 0.397 e. The molecule has 0 bridgehead atoms. The number of nitrogens with one attached hydrogen (secondary N) is 1. The molecule has 1 aliphatic rings. The van der Waals surface area contributed by atoms with Crippen LogP contribution in [-0.4, -0.2) is 27.7 Å². The Kier molecular flexibility index (Phi) is 5.26. The van der Waals surface area contributed by atoms with Gasteiger partial charge in [0.05, 0.1) is 28.3 Å². The minimum atomic E-state index is -3.56. The van der Waals surface area contributed by atoms with E-state index in [0.29, 0.717) is 11.6 Å². The lowest BCUT2D eigenvalue weighted by molar-refractivity contribution is 0.0626. The Morgan fingerprint density at radius 2 is 2.05 bits per heavy atom. The van der Waals surface area contributed by atoms with Crippen molar-refractivity contribution in [3.05, 3.63) is 23.2 Å². The molecule has 5 nitrogen and oxygen atoms in total. The Morgan fingerprint density at radius 1 is 1.35 bits per heavy atom. The van der Waals surface area contributed by atoms with Gasteiger partial charge in [-0.3, -0.25) is 0 Å². The first-order valence-electron chi connectivity index (χ1n) is 6.65. The van der Waals surface area contributed by atoms with Gasteiger partial charge in [0.2, 0.25) is 10.0 Å². The number of hydrogen-bond donors (Lipinski definition) is 2. The van der Waals surface area contributed by atoms with E-state index in [1.807, 2.05) is 0 Å². The highest BCUT2D eigenvalue weighted by Gasteiger charge is 2.17. The first-order chi connectivity index (χ1) is 9.49. The van der Waals surface area contributed by atoms with Crippen LogP contribution in [0.15, 0.2) is 23.1 Å². The molecule has 0 aromatic heterocycles.